The summed E-state index contributed by atoms with van der Waals surface area (Å²) in [5, 5.41) is 2.79. The summed E-state index contributed by atoms with van der Waals surface area (Å²) >= 11 is 0. The number of rotatable bonds is 2. The van der Waals surface area contributed by atoms with Crippen molar-refractivity contribution in [3.05, 3.63) is 0 Å². The molecular weight excluding hydrogens is 248 g/mol. The molecule has 0 aromatic carbocycles. The van der Waals surface area contributed by atoms with Crippen LogP contribution in [0.15, 0.2) is 4.99 Å². The zero-order valence-corrected chi connectivity index (χ0v) is 11.4. The molecule has 0 spiro atoms. The smallest absolute Gasteiger partial charge is 0.306 e. The Hall–Kier alpha value is -1.63. The number of esters is 1. The summed E-state index contributed by atoms with van der Waals surface area (Å²) in [4.78, 5) is 31.8. The number of methoxy groups -OCH3 is 1. The summed E-state index contributed by atoms with van der Waals surface area (Å²) in [6, 6.07) is 0. The average Bonchev–Trinajstić information content (AvgIpc) is 2.41. The maximum absolute atomic E-state index is 11.9. The second-order valence-corrected chi connectivity index (χ2v) is 4.92. The molecule has 106 valence electrons. The van der Waals surface area contributed by atoms with Crippen LogP contribution in [0.5, 0.6) is 0 Å². The second kappa shape index (κ2) is 6.01. The molecule has 0 radical (unpaired) electrons. The zero-order valence-electron chi connectivity index (χ0n) is 11.4. The molecule has 1 amide bonds. The number of nitrogens with one attached hydrogen (secondary N) is 1. The summed E-state index contributed by atoms with van der Waals surface area (Å²) < 4.78 is 4.57. The molecular formula is C12H20N4O3. The van der Waals surface area contributed by atoms with Crippen LogP contribution in [0.1, 0.15) is 6.42 Å². The maximum Gasteiger partial charge on any atom is 0.306 e. The van der Waals surface area contributed by atoms with Crippen LogP contribution >= 0.6 is 0 Å². The number of aliphatic imine (C=N–C) groups is 1. The SMILES string of the molecule is COC(=O)C[C@@H]1CN=C(N2CCN(C)CC2)NC1=O. The van der Waals surface area contributed by atoms with Crippen molar-refractivity contribution in [2.24, 2.45) is 10.9 Å². The van der Waals surface area contributed by atoms with E-state index in [1.807, 2.05) is 0 Å². The van der Waals surface area contributed by atoms with Crippen LogP contribution in [0, 0.1) is 5.92 Å². The lowest BCUT2D eigenvalue weighted by atomic mass is 10.0. The number of hydrogen-bond acceptors (Lipinski definition) is 6. The van der Waals surface area contributed by atoms with Gasteiger partial charge in [0, 0.05) is 26.2 Å². The van der Waals surface area contributed by atoms with Gasteiger partial charge in [0.2, 0.25) is 11.9 Å². The Balaban J connectivity index is 1.92. The van der Waals surface area contributed by atoms with Crippen LogP contribution in [0.25, 0.3) is 0 Å². The van der Waals surface area contributed by atoms with Gasteiger partial charge in [-0.2, -0.15) is 0 Å². The predicted molar refractivity (Wildman–Crippen MR) is 69.6 cm³/mol. The van der Waals surface area contributed by atoms with Crippen LogP contribution in [0.2, 0.25) is 0 Å². The predicted octanol–water partition coefficient (Wildman–Crippen LogP) is -1.10. The first-order valence-electron chi connectivity index (χ1n) is 6.45. The van der Waals surface area contributed by atoms with E-state index in [1.165, 1.54) is 7.11 Å². The fourth-order valence-electron chi connectivity index (χ4n) is 2.17. The Kier molecular flexibility index (Phi) is 4.36. The molecule has 2 aliphatic rings. The number of ether oxygens (including phenoxy) is 1. The van der Waals surface area contributed by atoms with Gasteiger partial charge in [0.25, 0.3) is 0 Å². The van der Waals surface area contributed by atoms with Crippen molar-refractivity contribution >= 4 is 17.8 Å². The first-order chi connectivity index (χ1) is 9.10. The maximum atomic E-state index is 11.9. The van der Waals surface area contributed by atoms with E-state index < -0.39 is 5.92 Å². The Morgan fingerprint density at radius 3 is 2.68 bits per heavy atom. The van der Waals surface area contributed by atoms with Gasteiger partial charge in [-0.15, -0.1) is 0 Å². The molecule has 7 heteroatoms. The molecule has 2 heterocycles. The fraction of sp³-hybridized carbons (Fsp3) is 0.750. The quantitative estimate of drug-likeness (QED) is 0.643. The van der Waals surface area contributed by atoms with E-state index >= 15 is 0 Å². The standard InChI is InChI=1S/C12H20N4O3/c1-15-3-5-16(6-4-15)12-13-8-9(11(18)14-12)7-10(17)19-2/h9H,3-8H2,1-2H3,(H,13,14,18)/t9-/m1/s1. The molecule has 19 heavy (non-hydrogen) atoms. The van der Waals surface area contributed by atoms with Gasteiger partial charge >= 0.3 is 5.97 Å². The molecule has 1 N–H and O–H groups in total. The minimum Gasteiger partial charge on any atom is -0.469 e. The molecule has 2 rings (SSSR count). The third-order valence-corrected chi connectivity index (χ3v) is 3.51. The normalized spacial score (nSPS) is 24.7. The van der Waals surface area contributed by atoms with Gasteiger partial charge in [-0.25, -0.2) is 0 Å². The van der Waals surface area contributed by atoms with E-state index in [0.717, 1.165) is 26.2 Å². The van der Waals surface area contributed by atoms with Gasteiger partial charge in [0.05, 0.1) is 26.0 Å². The molecule has 0 aromatic rings. The number of hydrogen-bond donors (Lipinski definition) is 1. The van der Waals surface area contributed by atoms with Gasteiger partial charge in [-0.1, -0.05) is 0 Å². The monoisotopic (exact) mass is 268 g/mol. The Morgan fingerprint density at radius 2 is 2.11 bits per heavy atom. The molecule has 1 atom stereocenters. The van der Waals surface area contributed by atoms with E-state index in [2.05, 4.69) is 31.9 Å². The van der Waals surface area contributed by atoms with Crippen LogP contribution in [0.3, 0.4) is 0 Å². The number of likely N-dealkylation sites (N-methyl/N-ethyl adjacent to an activating group) is 1. The lowest BCUT2D eigenvalue weighted by molar-refractivity contribution is -0.144. The first-order valence-corrected chi connectivity index (χ1v) is 6.45. The number of carbonyl (C=O) groups excluding carboxylic acids is 2. The lowest BCUT2D eigenvalue weighted by Crippen LogP contribution is -2.55. The van der Waals surface area contributed by atoms with Crippen LogP contribution in [0.4, 0.5) is 0 Å². The molecule has 0 aliphatic carbocycles. The molecule has 0 bridgehead atoms. The number of carbonyl (C=O) groups is 2. The van der Waals surface area contributed by atoms with E-state index in [9.17, 15) is 9.59 Å². The summed E-state index contributed by atoms with van der Waals surface area (Å²) in [6.07, 6.45) is 0.0852. The van der Waals surface area contributed by atoms with Crippen LogP contribution in [-0.2, 0) is 14.3 Å². The van der Waals surface area contributed by atoms with E-state index in [1.54, 1.807) is 0 Å². The Labute approximate surface area is 112 Å². The second-order valence-electron chi connectivity index (χ2n) is 4.92. The highest BCUT2D eigenvalue weighted by Crippen LogP contribution is 2.11. The summed E-state index contributed by atoms with van der Waals surface area (Å²) in [7, 11) is 3.40. The summed E-state index contributed by atoms with van der Waals surface area (Å²) in [5.41, 5.74) is 0. The topological polar surface area (TPSA) is 74.2 Å². The minimum atomic E-state index is -0.413. The molecule has 0 saturated carbocycles. The summed E-state index contributed by atoms with van der Waals surface area (Å²) in [5.74, 6) is -0.296. The lowest BCUT2D eigenvalue weighted by Gasteiger charge is -2.36. The van der Waals surface area contributed by atoms with Gasteiger partial charge in [0.15, 0.2) is 0 Å². The van der Waals surface area contributed by atoms with E-state index in [-0.39, 0.29) is 18.3 Å². The van der Waals surface area contributed by atoms with Crippen molar-refractivity contribution in [3.63, 3.8) is 0 Å². The fourth-order valence-corrected chi connectivity index (χ4v) is 2.17. The van der Waals surface area contributed by atoms with Gasteiger partial charge in [0.1, 0.15) is 0 Å². The molecule has 1 fully saturated rings. The number of piperazine rings is 1. The first kappa shape index (κ1) is 13.8. The highest BCUT2D eigenvalue weighted by Gasteiger charge is 2.29. The van der Waals surface area contributed by atoms with Gasteiger partial charge in [-0.05, 0) is 7.05 Å². The van der Waals surface area contributed by atoms with Crippen LogP contribution < -0.4 is 5.32 Å². The molecule has 7 nitrogen and oxygen atoms in total. The van der Waals surface area contributed by atoms with Crippen molar-refractivity contribution in [2.75, 3.05) is 46.9 Å². The number of nitrogens with zero attached hydrogens (tertiary/aromatic N) is 3. The van der Waals surface area contributed by atoms with Crippen molar-refractivity contribution in [2.45, 2.75) is 6.42 Å². The van der Waals surface area contributed by atoms with Crippen molar-refractivity contribution in [1.82, 2.24) is 15.1 Å². The summed E-state index contributed by atoms with van der Waals surface area (Å²) in [6.45, 7) is 3.98. The third-order valence-electron chi connectivity index (χ3n) is 3.51. The van der Waals surface area contributed by atoms with Crippen molar-refractivity contribution < 1.29 is 14.3 Å². The van der Waals surface area contributed by atoms with Gasteiger partial charge < -0.3 is 14.5 Å². The van der Waals surface area contributed by atoms with Gasteiger partial charge in [-0.3, -0.25) is 19.9 Å². The molecule has 1 saturated heterocycles. The number of guanidine groups is 1. The highest BCUT2D eigenvalue weighted by molar-refractivity contribution is 6.00. The van der Waals surface area contributed by atoms with E-state index in [0.29, 0.717) is 12.5 Å². The molecule has 0 aromatic heterocycles. The van der Waals surface area contributed by atoms with Crippen molar-refractivity contribution in [1.29, 1.82) is 0 Å². The molecule has 2 aliphatic heterocycles. The Bertz CT molecular complexity index is 388. The number of amides is 1. The Morgan fingerprint density at radius 1 is 1.42 bits per heavy atom. The van der Waals surface area contributed by atoms with Crippen LogP contribution in [-0.4, -0.2) is 74.5 Å². The zero-order chi connectivity index (χ0) is 13.8. The van der Waals surface area contributed by atoms with E-state index in [4.69, 9.17) is 0 Å². The minimum absolute atomic E-state index is 0.0852. The average molecular weight is 268 g/mol. The third kappa shape index (κ3) is 3.44. The highest BCUT2D eigenvalue weighted by atomic mass is 16.5. The molecule has 0 unspecified atom stereocenters. The van der Waals surface area contributed by atoms with Crippen molar-refractivity contribution in [3.8, 4) is 0 Å². The largest absolute Gasteiger partial charge is 0.469 e.